The molecule has 0 spiro atoms. The molecule has 0 fully saturated rings. The van der Waals surface area contributed by atoms with Gasteiger partial charge in [-0.15, -0.1) is 0 Å². The van der Waals surface area contributed by atoms with E-state index in [0.717, 1.165) is 6.42 Å². The van der Waals surface area contributed by atoms with Crippen LogP contribution in [0.3, 0.4) is 0 Å². The Bertz CT molecular complexity index is 292. The Morgan fingerprint density at radius 2 is 1.79 bits per heavy atom. The van der Waals surface area contributed by atoms with Crippen LogP contribution >= 0.6 is 11.6 Å². The molecule has 0 aliphatic carbocycles. The highest BCUT2D eigenvalue weighted by Gasteiger charge is 2.16. The Kier molecular flexibility index (Phi) is 3.57. The summed E-state index contributed by atoms with van der Waals surface area (Å²) in [6.07, 6.45) is 1.41. The van der Waals surface area contributed by atoms with Gasteiger partial charge in [0.25, 0.3) is 0 Å². The average Bonchev–Trinajstić information content (AvgIpc) is 2.01. The minimum absolute atomic E-state index is 0.584. The normalized spacial score (nSPS) is 15.2. The molecule has 2 heteroatoms. The highest BCUT2D eigenvalue weighted by atomic mass is 35.5. The van der Waals surface area contributed by atoms with Gasteiger partial charge in [0, 0.05) is 0 Å². The lowest BCUT2D eigenvalue weighted by molar-refractivity contribution is 0.139. The summed E-state index contributed by atoms with van der Waals surface area (Å²) in [5, 5.41) is 8.34. The molecule has 0 radical (unpaired) electrons. The number of alkyl halides is 1. The first-order chi connectivity index (χ1) is 6.40. The first-order valence-electron chi connectivity index (χ1n) is 4.86. The Balaban J connectivity index is 2.77. The van der Waals surface area contributed by atoms with Crippen molar-refractivity contribution in [2.75, 3.05) is 0 Å². The molecule has 1 aromatic rings. The maximum Gasteiger partial charge on any atom is 0.136 e. The van der Waals surface area contributed by atoms with Gasteiger partial charge in [-0.3, -0.25) is 0 Å². The zero-order valence-corrected chi connectivity index (χ0v) is 9.73. The molecule has 0 aliphatic heterocycles. The highest BCUT2D eigenvalue weighted by molar-refractivity contribution is 6.22. The molecule has 1 nitrogen and oxygen atoms in total. The molecule has 0 heterocycles. The zero-order valence-electron chi connectivity index (χ0n) is 8.97. The van der Waals surface area contributed by atoms with Crippen LogP contribution in [0.2, 0.25) is 0 Å². The molecular weight excluding hydrogens is 196 g/mol. The summed E-state index contributed by atoms with van der Waals surface area (Å²) in [4.78, 5) is 0. The molecule has 0 aliphatic rings. The fourth-order valence-corrected chi connectivity index (χ4v) is 1.69. The average molecular weight is 213 g/mol. The summed E-state index contributed by atoms with van der Waals surface area (Å²) in [7, 11) is 0. The van der Waals surface area contributed by atoms with Crippen LogP contribution in [-0.4, -0.2) is 10.2 Å². The van der Waals surface area contributed by atoms with Crippen LogP contribution in [0.5, 0.6) is 0 Å². The first kappa shape index (κ1) is 11.5. The number of aryl methyl sites for hydroxylation is 2. The van der Waals surface area contributed by atoms with Crippen LogP contribution < -0.4 is 0 Å². The van der Waals surface area contributed by atoms with E-state index in [0.29, 0.717) is 6.42 Å². The zero-order chi connectivity index (χ0) is 10.8. The Morgan fingerprint density at radius 1 is 1.29 bits per heavy atom. The maximum absolute atomic E-state index is 9.43. The summed E-state index contributed by atoms with van der Waals surface area (Å²) in [6, 6.07) is 6.23. The predicted octanol–water partition coefficient (Wildman–Crippen LogP) is 3.18. The van der Waals surface area contributed by atoms with Crippen LogP contribution in [-0.2, 0) is 6.42 Å². The summed E-state index contributed by atoms with van der Waals surface area (Å²) in [5.74, 6) is 0. The van der Waals surface area contributed by atoms with E-state index in [4.69, 9.17) is 11.6 Å². The van der Waals surface area contributed by atoms with Crippen LogP contribution in [0.1, 0.15) is 30.0 Å². The number of halogens is 1. The second-order valence-corrected chi connectivity index (χ2v) is 4.83. The summed E-state index contributed by atoms with van der Waals surface area (Å²) < 4.78 is 0. The third-order valence-electron chi connectivity index (χ3n) is 2.48. The minimum Gasteiger partial charge on any atom is -0.375 e. The van der Waals surface area contributed by atoms with E-state index in [1.165, 1.54) is 16.7 Å². The van der Waals surface area contributed by atoms with Gasteiger partial charge in [-0.05, 0) is 50.3 Å². The second kappa shape index (κ2) is 4.33. The van der Waals surface area contributed by atoms with Crippen molar-refractivity contribution in [1.29, 1.82) is 0 Å². The summed E-state index contributed by atoms with van der Waals surface area (Å²) in [6.45, 7) is 5.80. The molecule has 0 aromatic heterocycles. The van der Waals surface area contributed by atoms with Crippen molar-refractivity contribution in [1.82, 2.24) is 0 Å². The van der Waals surface area contributed by atoms with Gasteiger partial charge >= 0.3 is 0 Å². The van der Waals surface area contributed by atoms with E-state index < -0.39 is 5.06 Å². The van der Waals surface area contributed by atoms with Gasteiger partial charge in [-0.1, -0.05) is 29.8 Å². The van der Waals surface area contributed by atoms with Gasteiger partial charge in [0.1, 0.15) is 5.06 Å². The number of hydrogen-bond acceptors (Lipinski definition) is 1. The molecule has 1 N–H and O–H groups in total. The van der Waals surface area contributed by atoms with Crippen molar-refractivity contribution in [3.05, 3.63) is 34.9 Å². The largest absolute Gasteiger partial charge is 0.375 e. The van der Waals surface area contributed by atoms with Crippen LogP contribution in [0.15, 0.2) is 18.2 Å². The molecule has 1 unspecified atom stereocenters. The Hall–Kier alpha value is -0.530. The Morgan fingerprint density at radius 3 is 2.21 bits per heavy atom. The molecule has 0 bridgehead atoms. The standard InChI is InChI=1S/C12H17ClO/c1-9-5-4-6-10(2)11(9)7-8-12(3,13)14/h4-6,14H,7-8H2,1-3H3. The van der Waals surface area contributed by atoms with E-state index in [1.807, 2.05) is 6.07 Å². The van der Waals surface area contributed by atoms with Gasteiger partial charge in [-0.25, -0.2) is 0 Å². The van der Waals surface area contributed by atoms with Crippen molar-refractivity contribution in [3.8, 4) is 0 Å². The second-order valence-electron chi connectivity index (χ2n) is 4.01. The van der Waals surface area contributed by atoms with Crippen molar-refractivity contribution in [2.45, 2.75) is 38.7 Å². The van der Waals surface area contributed by atoms with Gasteiger partial charge in [0.2, 0.25) is 0 Å². The van der Waals surface area contributed by atoms with Gasteiger partial charge in [0.15, 0.2) is 0 Å². The lowest BCUT2D eigenvalue weighted by Gasteiger charge is -2.16. The number of hydrogen-bond donors (Lipinski definition) is 1. The van der Waals surface area contributed by atoms with Crippen LogP contribution in [0.25, 0.3) is 0 Å². The molecule has 0 saturated heterocycles. The third kappa shape index (κ3) is 3.32. The van der Waals surface area contributed by atoms with Gasteiger partial charge in [-0.2, -0.15) is 0 Å². The van der Waals surface area contributed by atoms with E-state index in [1.54, 1.807) is 6.92 Å². The van der Waals surface area contributed by atoms with E-state index in [9.17, 15) is 5.11 Å². The third-order valence-corrected chi connectivity index (χ3v) is 2.66. The lowest BCUT2D eigenvalue weighted by Crippen LogP contribution is -2.16. The Labute approximate surface area is 90.7 Å². The fraction of sp³-hybridized carbons (Fsp3) is 0.500. The smallest absolute Gasteiger partial charge is 0.136 e. The molecule has 1 aromatic carbocycles. The molecule has 1 atom stereocenters. The lowest BCUT2D eigenvalue weighted by atomic mass is 9.97. The molecular formula is C12H17ClO. The van der Waals surface area contributed by atoms with Crippen molar-refractivity contribution >= 4 is 11.6 Å². The van der Waals surface area contributed by atoms with Crippen molar-refractivity contribution in [2.24, 2.45) is 0 Å². The number of aliphatic hydroxyl groups is 1. The monoisotopic (exact) mass is 212 g/mol. The van der Waals surface area contributed by atoms with Crippen molar-refractivity contribution < 1.29 is 5.11 Å². The topological polar surface area (TPSA) is 20.2 Å². The van der Waals surface area contributed by atoms with Crippen LogP contribution in [0.4, 0.5) is 0 Å². The predicted molar refractivity (Wildman–Crippen MR) is 60.7 cm³/mol. The van der Waals surface area contributed by atoms with Gasteiger partial charge in [0.05, 0.1) is 0 Å². The van der Waals surface area contributed by atoms with Crippen molar-refractivity contribution in [3.63, 3.8) is 0 Å². The summed E-state index contributed by atoms with van der Waals surface area (Å²) in [5.41, 5.74) is 3.84. The maximum atomic E-state index is 9.43. The number of benzene rings is 1. The molecule has 0 saturated carbocycles. The van der Waals surface area contributed by atoms with Crippen LogP contribution in [0, 0.1) is 13.8 Å². The SMILES string of the molecule is Cc1cccc(C)c1CCC(C)(O)Cl. The van der Waals surface area contributed by atoms with Gasteiger partial charge < -0.3 is 5.11 Å². The highest BCUT2D eigenvalue weighted by Crippen LogP contribution is 2.21. The quantitative estimate of drug-likeness (QED) is 0.764. The fourth-order valence-electron chi connectivity index (χ4n) is 1.60. The number of rotatable bonds is 3. The summed E-state index contributed by atoms with van der Waals surface area (Å²) >= 11 is 5.74. The minimum atomic E-state index is -1.09. The first-order valence-corrected chi connectivity index (χ1v) is 5.24. The molecule has 14 heavy (non-hydrogen) atoms. The molecule has 1 rings (SSSR count). The molecule has 0 amide bonds. The van der Waals surface area contributed by atoms with E-state index in [-0.39, 0.29) is 0 Å². The van der Waals surface area contributed by atoms with E-state index in [2.05, 4.69) is 26.0 Å². The molecule has 78 valence electrons. The van der Waals surface area contributed by atoms with E-state index >= 15 is 0 Å².